The molecule has 0 aromatic heterocycles. The summed E-state index contributed by atoms with van der Waals surface area (Å²) in [6.07, 6.45) is 0. The molecule has 34 valence electrons. The molecule has 0 aliphatic rings. The monoisotopic (exact) mass is 113 g/mol. The Morgan fingerprint density at radius 1 is 1.50 bits per heavy atom. The Morgan fingerprint density at radius 2 is 1.50 bits per heavy atom. The van der Waals surface area contributed by atoms with Crippen LogP contribution in [0.3, 0.4) is 0 Å². The van der Waals surface area contributed by atoms with Crippen LogP contribution in [0.5, 0.6) is 0 Å². The summed E-state index contributed by atoms with van der Waals surface area (Å²) in [4.78, 5) is 8.01. The molecule has 0 atom stereocenters. The first-order chi connectivity index (χ1) is 1.41. The van der Waals surface area contributed by atoms with Gasteiger partial charge in [0, 0.05) is 51.3 Å². The second-order valence-corrected chi connectivity index (χ2v) is 0.0772. The average molecular weight is 113 g/mol. The van der Waals surface area contributed by atoms with Crippen molar-refractivity contribution >= 4 is 6.54 Å². The molecule has 8 radical (unpaired) electrons. The van der Waals surface area contributed by atoms with Crippen molar-refractivity contribution in [2.75, 3.05) is 0 Å². The van der Waals surface area contributed by atoms with E-state index >= 15 is 0 Å². The molecule has 0 heterocycles. The van der Waals surface area contributed by atoms with E-state index in [0.29, 0.717) is 0 Å². The second kappa shape index (κ2) is 40.8. The maximum atomic E-state index is 9.49. The summed E-state index contributed by atoms with van der Waals surface area (Å²) in [5.41, 5.74) is 0. The molecule has 4 heteroatoms. The molecule has 0 amide bonds. The van der Waals surface area contributed by atoms with E-state index in [2.05, 4.69) is 0 Å². The predicted molar refractivity (Wildman–Crippen MR) is 12.2 cm³/mol. The molecule has 0 bridgehead atoms. The van der Waals surface area contributed by atoms with Gasteiger partial charge in [-0.15, -0.1) is 0 Å². The average Bonchev–Trinajstić information content (AvgIpc) is 0.918. The van der Waals surface area contributed by atoms with Gasteiger partial charge in [-0.25, -0.2) is 4.79 Å². The first kappa shape index (κ1) is 29.1. The fourth-order valence-corrected chi connectivity index (χ4v) is 0. The number of rotatable bonds is 0. The minimum absolute atomic E-state index is 0. The van der Waals surface area contributed by atoms with Crippen LogP contribution in [0.15, 0.2) is 0 Å². The van der Waals surface area contributed by atoms with E-state index < -0.39 is 0 Å². The molecule has 0 spiro atoms. The molecule has 0 aliphatic heterocycles. The number of halogens is 1. The van der Waals surface area contributed by atoms with Crippen LogP contribution in [0.25, 0.3) is 0 Å². The Kier molecular flexibility index (Phi) is 198. The van der Waals surface area contributed by atoms with Gasteiger partial charge >= 0.3 is 6.54 Å². The minimum Gasteiger partial charge on any atom is -0.249 e. The maximum Gasteiger partial charge on any atom is 0.401 e. The minimum atomic E-state index is 0. The molecule has 0 unspecified atom stereocenters. The van der Waals surface area contributed by atoms with Gasteiger partial charge in [0.1, 0.15) is 0 Å². The summed E-state index contributed by atoms with van der Waals surface area (Å²) >= 11 is 0. The van der Waals surface area contributed by atoms with Crippen LogP contribution in [-0.4, -0.2) is 6.54 Å². The summed E-state index contributed by atoms with van der Waals surface area (Å²) in [6, 6.07) is 0. The molecule has 0 aromatic rings. The van der Waals surface area contributed by atoms with Crippen LogP contribution in [0, 0.1) is 45.2 Å². The zero-order chi connectivity index (χ0) is 2.71. The summed E-state index contributed by atoms with van der Waals surface area (Å²) < 4.78 is 9.49. The quantitative estimate of drug-likeness (QED) is 0.395. The molecule has 2 nitrogen and oxygen atoms in total. The summed E-state index contributed by atoms with van der Waals surface area (Å²) in [5.74, 6) is 0. The summed E-state index contributed by atoms with van der Waals surface area (Å²) in [6.45, 7) is 0. The van der Waals surface area contributed by atoms with E-state index in [9.17, 15) is 4.39 Å². The molecule has 0 fully saturated rings. The fourth-order valence-electron chi connectivity index (χ4n) is 0. The van der Waals surface area contributed by atoms with Crippen LogP contribution < -0.4 is 6.15 Å². The van der Waals surface area contributed by atoms with Crippen molar-refractivity contribution in [2.45, 2.75) is 0 Å². The molecule has 0 rings (SSSR count). The van der Waals surface area contributed by atoms with E-state index in [1.807, 2.05) is 0 Å². The van der Waals surface area contributed by atoms with Crippen molar-refractivity contribution < 1.29 is 46.9 Å². The third kappa shape index (κ3) is 105. The Hall–Kier alpha value is 0.820. The summed E-state index contributed by atoms with van der Waals surface area (Å²) in [5, 5.41) is 0. The molecule has 0 saturated carbocycles. The van der Waals surface area contributed by atoms with Crippen molar-refractivity contribution in [3.63, 3.8) is 0 Å². The predicted octanol–water partition coefficient (Wildman–Crippen LogP) is -0.376. The van der Waals surface area contributed by atoms with Gasteiger partial charge in [-0.2, -0.15) is 4.39 Å². The largest absolute Gasteiger partial charge is 0.401 e. The van der Waals surface area contributed by atoms with Gasteiger partial charge in [0.05, 0.1) is 0 Å². The maximum absolute atomic E-state index is 9.49. The number of carbonyl (C=O) groups excluding carboxylic acids is 1. The van der Waals surface area contributed by atoms with Crippen LogP contribution in [-0.2, 0) is 4.79 Å². The van der Waals surface area contributed by atoms with E-state index in [-0.39, 0.29) is 57.9 Å². The van der Waals surface area contributed by atoms with Crippen LogP contribution in [0.2, 0.25) is 0 Å². The van der Waals surface area contributed by atoms with Crippen molar-refractivity contribution in [3.05, 3.63) is 7.43 Å². The Bertz CT molecular complexity index is 21.0. The van der Waals surface area contributed by atoms with Crippen LogP contribution in [0.1, 0.15) is 0 Å². The van der Waals surface area contributed by atoms with E-state index in [1.165, 1.54) is 0 Å². The molecular weight excluding hydrogens is 113 g/mol. The SMILES string of the molecule is O=[C]F.[Ar].[C].[N]. The smallest absolute Gasteiger partial charge is 0.249 e. The fraction of sp³-hybridized carbons (Fsp3) is 0. The standard InChI is InChI=1S/CFO.C.Ar.N/c2-1-3;;;. The topological polar surface area (TPSA) is 47.6 Å². The molecular formula is C2ArFNO. The van der Waals surface area contributed by atoms with E-state index in [0.717, 1.165) is 0 Å². The normalized spacial score (nSPS) is 2.17. The molecule has 0 N–H and O–H groups in total. The first-order valence-corrected chi connectivity index (χ1v) is 0.393. The molecule has 6 heavy (non-hydrogen) atoms. The van der Waals surface area contributed by atoms with E-state index in [4.69, 9.17) is 4.79 Å². The third-order valence-corrected chi connectivity index (χ3v) is 0. The first-order valence-electron chi connectivity index (χ1n) is 0.393. The van der Waals surface area contributed by atoms with Gasteiger partial charge in [-0.3, -0.25) is 0 Å². The van der Waals surface area contributed by atoms with Crippen molar-refractivity contribution in [2.24, 2.45) is 0 Å². The van der Waals surface area contributed by atoms with E-state index in [1.54, 1.807) is 0 Å². The summed E-state index contributed by atoms with van der Waals surface area (Å²) in [7, 11) is 0. The third-order valence-electron chi connectivity index (χ3n) is 0. The Balaban J connectivity index is -0.00000000667. The Labute approximate surface area is 66.7 Å². The number of hydrogen-bond donors (Lipinski definition) is 0. The van der Waals surface area contributed by atoms with Gasteiger partial charge in [0.15, 0.2) is 0 Å². The zero-order valence-corrected chi connectivity index (χ0v) is 3.29. The van der Waals surface area contributed by atoms with Crippen LogP contribution in [0.4, 0.5) is 4.39 Å². The van der Waals surface area contributed by atoms with Crippen molar-refractivity contribution in [1.82, 2.24) is 6.15 Å². The molecule has 0 saturated heterocycles. The van der Waals surface area contributed by atoms with Crippen molar-refractivity contribution in [3.8, 4) is 0 Å². The van der Waals surface area contributed by atoms with Crippen LogP contribution >= 0.6 is 0 Å². The van der Waals surface area contributed by atoms with Gasteiger partial charge in [-0.05, 0) is 0 Å². The number of nitrogens with zero attached hydrogens (tertiary/aromatic N) is 1. The number of hydrogen-bond acceptors (Lipinski definition) is 1. The molecule has 0 aliphatic carbocycles. The van der Waals surface area contributed by atoms with Gasteiger partial charge in [-0.1, -0.05) is 0 Å². The van der Waals surface area contributed by atoms with Crippen molar-refractivity contribution in [1.29, 1.82) is 0 Å². The van der Waals surface area contributed by atoms with Gasteiger partial charge in [0.2, 0.25) is 0 Å². The zero-order valence-electron chi connectivity index (χ0n) is 2.59. The van der Waals surface area contributed by atoms with Gasteiger partial charge in [0.25, 0.3) is 0 Å². The van der Waals surface area contributed by atoms with Gasteiger partial charge < -0.3 is 0 Å². The second-order valence-electron chi connectivity index (χ2n) is 0.0772. The molecule has 0 aromatic carbocycles. The Morgan fingerprint density at radius 3 is 1.50 bits per heavy atom.